The molecule has 8 aliphatic carbocycles. The van der Waals surface area contributed by atoms with Gasteiger partial charge in [0.05, 0.1) is 0 Å². The predicted octanol–water partition coefficient (Wildman–Crippen LogP) is 13.5. The van der Waals surface area contributed by atoms with Crippen LogP contribution in [-0.4, -0.2) is 0 Å². The Labute approximate surface area is 287 Å². The van der Waals surface area contributed by atoms with Gasteiger partial charge in [0.15, 0.2) is 0 Å². The summed E-state index contributed by atoms with van der Waals surface area (Å²) in [4.78, 5) is 0. The van der Waals surface area contributed by atoms with Crippen LogP contribution in [-0.2, 0) is 0 Å². The number of rotatable bonds is 7. The highest BCUT2D eigenvalue weighted by molar-refractivity contribution is 5.18. The van der Waals surface area contributed by atoms with E-state index in [1.807, 2.05) is 0 Å². The first-order valence-electron chi connectivity index (χ1n) is 22.4. The second kappa shape index (κ2) is 13.3. The molecule has 15 atom stereocenters. The molecular weight excluding hydrogens is 553 g/mol. The SMILES string of the molecule is CCC(CC)C1CC(C(CC)CC)CC2(C1)C1CC3CCCCC3CC1C1C3CC4CC5CCCCC5CC4C3CC(C(C)C)C12. The third-order valence-corrected chi connectivity index (χ3v) is 19.2. The van der Waals surface area contributed by atoms with Gasteiger partial charge in [-0.15, -0.1) is 0 Å². The molecule has 0 heteroatoms. The lowest BCUT2D eigenvalue weighted by atomic mass is 9.47. The maximum atomic E-state index is 2.72. The largest absolute Gasteiger partial charge is 0.0651 e. The summed E-state index contributed by atoms with van der Waals surface area (Å²) in [7, 11) is 0. The van der Waals surface area contributed by atoms with Crippen molar-refractivity contribution in [3.05, 3.63) is 0 Å². The van der Waals surface area contributed by atoms with Gasteiger partial charge >= 0.3 is 0 Å². The van der Waals surface area contributed by atoms with Crippen LogP contribution in [0.1, 0.15) is 176 Å². The fourth-order valence-corrected chi connectivity index (χ4v) is 17.6. The predicted molar refractivity (Wildman–Crippen MR) is 196 cm³/mol. The third kappa shape index (κ3) is 5.29. The average Bonchev–Trinajstić information content (AvgIpc) is 3.55. The quantitative estimate of drug-likeness (QED) is 0.262. The summed E-state index contributed by atoms with van der Waals surface area (Å²) in [6.07, 6.45) is 33.2. The summed E-state index contributed by atoms with van der Waals surface area (Å²) >= 11 is 0. The number of hydrogen-bond donors (Lipinski definition) is 0. The van der Waals surface area contributed by atoms with Gasteiger partial charge in [0.2, 0.25) is 0 Å². The molecule has 0 aromatic carbocycles. The van der Waals surface area contributed by atoms with Crippen LogP contribution in [0.25, 0.3) is 0 Å². The Kier molecular flexibility index (Phi) is 9.57. The molecule has 0 radical (unpaired) electrons. The van der Waals surface area contributed by atoms with Crippen molar-refractivity contribution < 1.29 is 0 Å². The summed E-state index contributed by atoms with van der Waals surface area (Å²) in [5, 5.41) is 0. The Morgan fingerprint density at radius 3 is 1.54 bits per heavy atom. The van der Waals surface area contributed by atoms with E-state index in [0.29, 0.717) is 5.41 Å². The zero-order valence-corrected chi connectivity index (χ0v) is 31.7. The van der Waals surface area contributed by atoms with Crippen LogP contribution in [0.2, 0.25) is 0 Å². The smallest absolute Gasteiger partial charge is 0.0227 e. The first-order chi connectivity index (χ1) is 22.4. The van der Waals surface area contributed by atoms with E-state index in [1.165, 1.54) is 25.7 Å². The molecule has 1 spiro atoms. The third-order valence-electron chi connectivity index (χ3n) is 19.2. The van der Waals surface area contributed by atoms with Crippen LogP contribution >= 0.6 is 0 Å². The maximum absolute atomic E-state index is 2.72. The monoisotopic (exact) mass is 631 g/mol. The van der Waals surface area contributed by atoms with E-state index in [4.69, 9.17) is 0 Å². The van der Waals surface area contributed by atoms with Gasteiger partial charge in [0.25, 0.3) is 0 Å². The summed E-state index contributed by atoms with van der Waals surface area (Å²) in [6, 6.07) is 0. The maximum Gasteiger partial charge on any atom is -0.0227 e. The highest BCUT2D eigenvalue weighted by Crippen LogP contribution is 2.77. The van der Waals surface area contributed by atoms with Crippen molar-refractivity contribution in [2.45, 2.75) is 176 Å². The molecule has 0 heterocycles. The molecule has 8 fully saturated rings. The number of hydrogen-bond acceptors (Lipinski definition) is 0. The fourth-order valence-electron chi connectivity index (χ4n) is 17.6. The zero-order valence-electron chi connectivity index (χ0n) is 31.7. The Balaban J connectivity index is 1.22. The van der Waals surface area contributed by atoms with Crippen LogP contribution in [0.3, 0.4) is 0 Å². The van der Waals surface area contributed by atoms with E-state index in [9.17, 15) is 0 Å². The summed E-state index contributed by atoms with van der Waals surface area (Å²) in [6.45, 7) is 15.7. The average molecular weight is 631 g/mol. The Hall–Kier alpha value is 0. The summed E-state index contributed by atoms with van der Waals surface area (Å²) in [5.41, 5.74) is 0.679. The van der Waals surface area contributed by atoms with Crippen molar-refractivity contribution >= 4 is 0 Å². The molecule has 0 nitrogen and oxygen atoms in total. The first-order valence-corrected chi connectivity index (χ1v) is 22.4. The van der Waals surface area contributed by atoms with Crippen molar-refractivity contribution in [3.63, 3.8) is 0 Å². The van der Waals surface area contributed by atoms with Crippen molar-refractivity contribution in [1.82, 2.24) is 0 Å². The van der Waals surface area contributed by atoms with Gasteiger partial charge in [-0.1, -0.05) is 119 Å². The van der Waals surface area contributed by atoms with E-state index in [1.54, 1.807) is 109 Å². The molecular formula is C46H78. The molecule has 0 saturated heterocycles. The molecule has 0 aromatic heterocycles. The lowest BCUT2D eigenvalue weighted by Gasteiger charge is -2.58. The summed E-state index contributed by atoms with van der Waals surface area (Å²) in [5.74, 6) is 19.1. The molecule has 8 aliphatic rings. The highest BCUT2D eigenvalue weighted by Gasteiger charge is 2.70. The standard InChI is InChI=1S/C46H78/c1-7-29(8-2)36-20-37(30(9-3)10-4)27-46(26-36)43-24-34-18-14-13-17-33(34)22-42(43)44-41-23-35-19-31-15-11-12-16-32(31)21-39(35)40(41)25-38(28(5)6)45(44)46/h28-45H,7-27H2,1-6H3. The van der Waals surface area contributed by atoms with Crippen molar-refractivity contribution in [2.75, 3.05) is 0 Å². The summed E-state index contributed by atoms with van der Waals surface area (Å²) < 4.78 is 0. The molecule has 46 heavy (non-hydrogen) atoms. The second-order valence-corrected chi connectivity index (χ2v) is 20.6. The van der Waals surface area contributed by atoms with Crippen molar-refractivity contribution in [1.29, 1.82) is 0 Å². The van der Waals surface area contributed by atoms with Crippen molar-refractivity contribution in [2.24, 2.45) is 112 Å². The molecule has 8 saturated carbocycles. The molecule has 15 unspecified atom stereocenters. The normalized spacial score (nSPS) is 51.5. The van der Waals surface area contributed by atoms with Crippen LogP contribution in [0.4, 0.5) is 0 Å². The second-order valence-electron chi connectivity index (χ2n) is 20.6. The Morgan fingerprint density at radius 1 is 0.500 bits per heavy atom. The van der Waals surface area contributed by atoms with Gasteiger partial charge in [-0.25, -0.2) is 0 Å². The van der Waals surface area contributed by atoms with E-state index >= 15 is 0 Å². The highest BCUT2D eigenvalue weighted by atomic mass is 14.7. The minimum absolute atomic E-state index is 0.679. The first kappa shape index (κ1) is 33.2. The molecule has 8 rings (SSSR count). The van der Waals surface area contributed by atoms with Gasteiger partial charge < -0.3 is 0 Å². The van der Waals surface area contributed by atoms with Crippen molar-refractivity contribution in [3.8, 4) is 0 Å². The van der Waals surface area contributed by atoms with Gasteiger partial charge in [0.1, 0.15) is 0 Å². The fraction of sp³-hybridized carbons (Fsp3) is 1.00. The lowest BCUT2D eigenvalue weighted by molar-refractivity contribution is -0.0909. The Morgan fingerprint density at radius 2 is 1.00 bits per heavy atom. The lowest BCUT2D eigenvalue weighted by Crippen LogP contribution is -2.51. The molecule has 0 aliphatic heterocycles. The van der Waals surface area contributed by atoms with Gasteiger partial charge in [-0.2, -0.15) is 0 Å². The molecule has 262 valence electrons. The molecule has 0 aromatic rings. The Bertz CT molecular complexity index is 995. The topological polar surface area (TPSA) is 0 Å². The van der Waals surface area contributed by atoms with Crippen LogP contribution in [0, 0.1) is 112 Å². The van der Waals surface area contributed by atoms with Crippen LogP contribution in [0.15, 0.2) is 0 Å². The van der Waals surface area contributed by atoms with Gasteiger partial charge in [-0.3, -0.25) is 0 Å². The minimum Gasteiger partial charge on any atom is -0.0651 e. The van der Waals surface area contributed by atoms with Gasteiger partial charge in [0, 0.05) is 0 Å². The number of fused-ring (bicyclic) bond motifs is 11. The molecule has 0 bridgehead atoms. The van der Waals surface area contributed by atoms with Crippen LogP contribution < -0.4 is 0 Å². The van der Waals surface area contributed by atoms with E-state index in [0.717, 1.165) is 107 Å². The van der Waals surface area contributed by atoms with Crippen LogP contribution in [0.5, 0.6) is 0 Å². The zero-order chi connectivity index (χ0) is 31.7. The molecule has 0 amide bonds. The van der Waals surface area contributed by atoms with Gasteiger partial charge in [-0.05, 0) is 170 Å². The van der Waals surface area contributed by atoms with E-state index in [-0.39, 0.29) is 0 Å². The van der Waals surface area contributed by atoms with E-state index < -0.39 is 0 Å². The van der Waals surface area contributed by atoms with E-state index in [2.05, 4.69) is 41.5 Å². The minimum atomic E-state index is 0.679. The molecule has 0 N–H and O–H groups in total.